The van der Waals surface area contributed by atoms with Crippen LogP contribution in [0.4, 0.5) is 4.79 Å². The van der Waals surface area contributed by atoms with Gasteiger partial charge < -0.3 is 15.5 Å². The van der Waals surface area contributed by atoms with Crippen LogP contribution in [0.1, 0.15) is 40.0 Å². The number of rotatable bonds is 7. The van der Waals surface area contributed by atoms with Gasteiger partial charge in [-0.25, -0.2) is 4.79 Å². The fourth-order valence-corrected chi connectivity index (χ4v) is 1.95. The molecule has 5 heteroatoms. The van der Waals surface area contributed by atoms with E-state index in [0.717, 1.165) is 25.0 Å². The van der Waals surface area contributed by atoms with Gasteiger partial charge in [-0.2, -0.15) is 0 Å². The fraction of sp³-hybridized carbons (Fsp3) is 0.625. The van der Waals surface area contributed by atoms with Crippen molar-refractivity contribution in [2.45, 2.75) is 40.0 Å². The molecule has 0 unspecified atom stereocenters. The lowest BCUT2D eigenvalue weighted by Gasteiger charge is -2.18. The highest BCUT2D eigenvalue weighted by atomic mass is 16.2. The summed E-state index contributed by atoms with van der Waals surface area (Å²) in [5, 5.41) is 5.67. The first kappa shape index (κ1) is 17.3. The third kappa shape index (κ3) is 6.97. The standard InChI is InChI=1S/C16H27N3O2/c1-13-7-8-14(20)19(13)12-6-5-10-17-15(21)18-11-9-16(2,3)4/h7-8H,1,5-6,9-12H2,2-4H3,(H2,17,18,21). The van der Waals surface area contributed by atoms with Crippen molar-refractivity contribution in [1.29, 1.82) is 0 Å². The molecule has 0 radical (unpaired) electrons. The van der Waals surface area contributed by atoms with E-state index in [1.54, 1.807) is 11.0 Å². The van der Waals surface area contributed by atoms with Crippen molar-refractivity contribution < 1.29 is 9.59 Å². The van der Waals surface area contributed by atoms with Gasteiger partial charge in [0.2, 0.25) is 0 Å². The Labute approximate surface area is 127 Å². The fourth-order valence-electron chi connectivity index (χ4n) is 1.95. The second-order valence-electron chi connectivity index (χ2n) is 6.51. The summed E-state index contributed by atoms with van der Waals surface area (Å²) in [6.45, 7) is 12.2. The summed E-state index contributed by atoms with van der Waals surface area (Å²) in [4.78, 5) is 24.7. The number of hydrogen-bond acceptors (Lipinski definition) is 2. The third-order valence-electron chi connectivity index (χ3n) is 3.29. The normalized spacial score (nSPS) is 14.7. The van der Waals surface area contributed by atoms with Crippen molar-refractivity contribution >= 4 is 11.9 Å². The Morgan fingerprint density at radius 3 is 2.43 bits per heavy atom. The lowest BCUT2D eigenvalue weighted by atomic mass is 9.92. The molecule has 118 valence electrons. The summed E-state index contributed by atoms with van der Waals surface area (Å²) in [6.07, 6.45) is 5.89. The van der Waals surface area contributed by atoms with E-state index >= 15 is 0 Å². The van der Waals surface area contributed by atoms with E-state index < -0.39 is 0 Å². The van der Waals surface area contributed by atoms with Gasteiger partial charge in [-0.05, 0) is 30.8 Å². The maximum absolute atomic E-state index is 11.5. The van der Waals surface area contributed by atoms with Crippen LogP contribution in [-0.2, 0) is 4.79 Å². The Morgan fingerprint density at radius 2 is 1.86 bits per heavy atom. The number of amides is 3. The Bertz CT molecular complexity index is 404. The summed E-state index contributed by atoms with van der Waals surface area (Å²) in [7, 11) is 0. The van der Waals surface area contributed by atoms with Crippen molar-refractivity contribution in [2.75, 3.05) is 19.6 Å². The molecule has 0 aliphatic carbocycles. The molecule has 1 rings (SSSR count). The van der Waals surface area contributed by atoms with Gasteiger partial charge in [-0.3, -0.25) is 4.79 Å². The molecule has 0 atom stereocenters. The van der Waals surface area contributed by atoms with Crippen LogP contribution in [0.5, 0.6) is 0 Å². The van der Waals surface area contributed by atoms with Crippen LogP contribution in [0.2, 0.25) is 0 Å². The van der Waals surface area contributed by atoms with Crippen molar-refractivity contribution in [1.82, 2.24) is 15.5 Å². The minimum absolute atomic E-state index is 0.00659. The third-order valence-corrected chi connectivity index (χ3v) is 3.29. The summed E-state index contributed by atoms with van der Waals surface area (Å²) >= 11 is 0. The monoisotopic (exact) mass is 293 g/mol. The number of hydrogen-bond donors (Lipinski definition) is 2. The molecular weight excluding hydrogens is 266 g/mol. The van der Waals surface area contributed by atoms with Gasteiger partial charge in [-0.1, -0.05) is 27.4 Å². The van der Waals surface area contributed by atoms with Gasteiger partial charge in [0.25, 0.3) is 5.91 Å². The summed E-state index contributed by atoms with van der Waals surface area (Å²) < 4.78 is 0. The highest BCUT2D eigenvalue weighted by molar-refractivity contribution is 5.92. The van der Waals surface area contributed by atoms with Crippen molar-refractivity contribution in [3.63, 3.8) is 0 Å². The zero-order valence-electron chi connectivity index (χ0n) is 13.4. The van der Waals surface area contributed by atoms with Crippen molar-refractivity contribution in [2.24, 2.45) is 5.41 Å². The molecule has 0 saturated carbocycles. The first-order valence-corrected chi connectivity index (χ1v) is 7.50. The number of nitrogens with one attached hydrogen (secondary N) is 2. The molecule has 0 bridgehead atoms. The Hall–Kier alpha value is -1.78. The van der Waals surface area contributed by atoms with Crippen LogP contribution >= 0.6 is 0 Å². The van der Waals surface area contributed by atoms with Gasteiger partial charge in [0.1, 0.15) is 0 Å². The SMILES string of the molecule is C=C1C=CC(=O)N1CCCCNC(=O)NCCC(C)(C)C. The molecule has 0 saturated heterocycles. The van der Waals surface area contributed by atoms with Crippen LogP contribution in [0, 0.1) is 5.41 Å². The maximum Gasteiger partial charge on any atom is 0.314 e. The molecule has 0 aromatic heterocycles. The first-order valence-electron chi connectivity index (χ1n) is 7.50. The van der Waals surface area contributed by atoms with Crippen LogP contribution in [-0.4, -0.2) is 36.5 Å². The number of allylic oxidation sites excluding steroid dienone is 1. The molecule has 0 aromatic rings. The molecule has 0 spiro atoms. The molecule has 2 N–H and O–H groups in total. The number of carbonyl (C=O) groups excluding carboxylic acids is 2. The number of urea groups is 1. The second kappa shape index (κ2) is 7.86. The van der Waals surface area contributed by atoms with E-state index in [1.165, 1.54) is 6.08 Å². The average molecular weight is 293 g/mol. The van der Waals surface area contributed by atoms with Crippen LogP contribution < -0.4 is 10.6 Å². The van der Waals surface area contributed by atoms with Gasteiger partial charge >= 0.3 is 6.03 Å². The largest absolute Gasteiger partial charge is 0.338 e. The highest BCUT2D eigenvalue weighted by Crippen LogP contribution is 2.16. The van der Waals surface area contributed by atoms with Crippen LogP contribution in [0.25, 0.3) is 0 Å². The van der Waals surface area contributed by atoms with E-state index in [4.69, 9.17) is 0 Å². The predicted molar refractivity (Wildman–Crippen MR) is 84.7 cm³/mol. The van der Waals surface area contributed by atoms with Gasteiger partial charge in [-0.15, -0.1) is 0 Å². The summed E-state index contributed by atoms with van der Waals surface area (Å²) in [6, 6.07) is -0.123. The average Bonchev–Trinajstić information content (AvgIpc) is 2.68. The number of carbonyl (C=O) groups is 2. The van der Waals surface area contributed by atoms with E-state index in [9.17, 15) is 9.59 Å². The van der Waals surface area contributed by atoms with Crippen LogP contribution in [0.3, 0.4) is 0 Å². The Balaban J connectivity index is 2.02. The van der Waals surface area contributed by atoms with Crippen LogP contribution in [0.15, 0.2) is 24.4 Å². The Kier molecular flexibility index (Phi) is 6.46. The lowest BCUT2D eigenvalue weighted by Crippen LogP contribution is -2.37. The number of unbranched alkanes of at least 4 members (excludes halogenated alkanes) is 1. The molecule has 1 aliphatic heterocycles. The summed E-state index contributed by atoms with van der Waals surface area (Å²) in [5.41, 5.74) is 0.972. The highest BCUT2D eigenvalue weighted by Gasteiger charge is 2.17. The molecule has 1 aliphatic rings. The molecule has 3 amide bonds. The molecule has 21 heavy (non-hydrogen) atoms. The Morgan fingerprint density at radius 1 is 1.19 bits per heavy atom. The van der Waals surface area contributed by atoms with E-state index in [0.29, 0.717) is 19.6 Å². The molecule has 1 heterocycles. The van der Waals surface area contributed by atoms with Gasteiger partial charge in [0, 0.05) is 31.4 Å². The van der Waals surface area contributed by atoms with E-state index in [2.05, 4.69) is 38.0 Å². The minimum atomic E-state index is -0.123. The minimum Gasteiger partial charge on any atom is -0.338 e. The quantitative estimate of drug-likeness (QED) is 0.708. The molecule has 0 fully saturated rings. The lowest BCUT2D eigenvalue weighted by molar-refractivity contribution is -0.123. The van der Waals surface area contributed by atoms with Crippen molar-refractivity contribution in [3.05, 3.63) is 24.4 Å². The van der Waals surface area contributed by atoms with Gasteiger partial charge in [0.05, 0.1) is 0 Å². The van der Waals surface area contributed by atoms with E-state index in [-0.39, 0.29) is 17.4 Å². The predicted octanol–water partition coefficient (Wildman–Crippen LogP) is 2.41. The topological polar surface area (TPSA) is 61.4 Å². The van der Waals surface area contributed by atoms with E-state index in [1.807, 2.05) is 0 Å². The second-order valence-corrected chi connectivity index (χ2v) is 6.51. The molecular formula is C16H27N3O2. The zero-order valence-corrected chi connectivity index (χ0v) is 13.4. The van der Waals surface area contributed by atoms with Gasteiger partial charge in [0.15, 0.2) is 0 Å². The maximum atomic E-state index is 11.5. The molecule has 5 nitrogen and oxygen atoms in total. The zero-order chi connectivity index (χ0) is 15.9. The molecule has 0 aromatic carbocycles. The smallest absolute Gasteiger partial charge is 0.314 e. The first-order chi connectivity index (χ1) is 9.79. The number of nitrogens with zero attached hydrogens (tertiary/aromatic N) is 1. The van der Waals surface area contributed by atoms with Crippen molar-refractivity contribution in [3.8, 4) is 0 Å². The summed E-state index contributed by atoms with van der Waals surface area (Å²) in [5.74, 6) is -0.00659.